The lowest BCUT2D eigenvalue weighted by Crippen LogP contribution is -2.48. The molecule has 5 rings (SSSR count). The molecule has 0 saturated heterocycles. The van der Waals surface area contributed by atoms with Crippen LogP contribution in [0.5, 0.6) is 0 Å². The molecule has 1 saturated carbocycles. The van der Waals surface area contributed by atoms with Gasteiger partial charge in [-0.25, -0.2) is 14.3 Å². The number of nitrogens with one attached hydrogen (secondary N) is 1. The topological polar surface area (TPSA) is 133 Å². The standard InChI is InChI=1S/C32H33N5O6/c1-42-31(40)22-17-15-21(16-18-22)29(30(39)33-24-10-4-3-5-11-24)37(25-12-8-9-23(19-25)32(41)43-2)28(38)20-36-27-14-7-6-13-26(27)34-35-36/h6-9,12-19,24,29H,3-5,10-11,20H2,1-2H3,(H,33,39). The van der Waals surface area contributed by atoms with Gasteiger partial charge in [-0.3, -0.25) is 14.5 Å². The van der Waals surface area contributed by atoms with Crippen LogP contribution in [0.2, 0.25) is 0 Å². The van der Waals surface area contributed by atoms with Crippen LogP contribution >= 0.6 is 0 Å². The molecule has 0 bridgehead atoms. The minimum absolute atomic E-state index is 0.0318. The van der Waals surface area contributed by atoms with Crippen LogP contribution in [-0.2, 0) is 25.6 Å². The smallest absolute Gasteiger partial charge is 0.337 e. The first-order valence-electron chi connectivity index (χ1n) is 14.2. The first kappa shape index (κ1) is 29.4. The number of esters is 2. The quantitative estimate of drug-likeness (QED) is 0.290. The zero-order chi connectivity index (χ0) is 30.3. The third kappa shape index (κ3) is 6.56. The van der Waals surface area contributed by atoms with E-state index in [4.69, 9.17) is 9.47 Å². The Morgan fingerprint density at radius 2 is 1.58 bits per heavy atom. The minimum Gasteiger partial charge on any atom is -0.465 e. The molecule has 3 aromatic carbocycles. The molecular formula is C32H33N5O6. The highest BCUT2D eigenvalue weighted by atomic mass is 16.5. The van der Waals surface area contributed by atoms with Crippen molar-refractivity contribution in [2.75, 3.05) is 19.1 Å². The summed E-state index contributed by atoms with van der Waals surface area (Å²) in [5, 5.41) is 11.5. The van der Waals surface area contributed by atoms with Crippen molar-refractivity contribution >= 4 is 40.5 Å². The molecule has 1 atom stereocenters. The predicted octanol–water partition coefficient (Wildman–Crippen LogP) is 4.23. The van der Waals surface area contributed by atoms with E-state index in [0.29, 0.717) is 27.8 Å². The van der Waals surface area contributed by atoms with Crippen LogP contribution in [0.15, 0.2) is 72.8 Å². The maximum Gasteiger partial charge on any atom is 0.337 e. The molecule has 43 heavy (non-hydrogen) atoms. The van der Waals surface area contributed by atoms with Gasteiger partial charge in [0, 0.05) is 11.7 Å². The van der Waals surface area contributed by atoms with E-state index in [9.17, 15) is 19.2 Å². The highest BCUT2D eigenvalue weighted by Crippen LogP contribution is 2.31. The maximum absolute atomic E-state index is 14.3. The number of anilines is 1. The summed E-state index contributed by atoms with van der Waals surface area (Å²) in [6.07, 6.45) is 4.81. The number of ether oxygens (including phenoxy) is 2. The number of carbonyl (C=O) groups is 4. The van der Waals surface area contributed by atoms with E-state index in [1.807, 2.05) is 18.2 Å². The summed E-state index contributed by atoms with van der Waals surface area (Å²) in [7, 11) is 2.57. The number of methoxy groups -OCH3 is 2. The van der Waals surface area contributed by atoms with E-state index in [0.717, 1.165) is 32.1 Å². The first-order valence-corrected chi connectivity index (χ1v) is 14.2. The predicted molar refractivity (Wildman–Crippen MR) is 158 cm³/mol. The SMILES string of the molecule is COC(=O)c1ccc(C(C(=O)NC2CCCCC2)N(C(=O)Cn2nnc3ccccc32)c2cccc(C(=O)OC)c2)cc1. The molecule has 1 unspecified atom stereocenters. The van der Waals surface area contributed by atoms with E-state index < -0.39 is 23.9 Å². The van der Waals surface area contributed by atoms with Crippen molar-refractivity contribution in [3.63, 3.8) is 0 Å². The average Bonchev–Trinajstić information content (AvgIpc) is 3.45. The number of amides is 2. The summed E-state index contributed by atoms with van der Waals surface area (Å²) in [5.74, 6) is -1.94. The van der Waals surface area contributed by atoms with Crippen LogP contribution in [0.1, 0.15) is 64.4 Å². The van der Waals surface area contributed by atoms with Gasteiger partial charge in [0.25, 0.3) is 0 Å². The van der Waals surface area contributed by atoms with Gasteiger partial charge >= 0.3 is 11.9 Å². The summed E-state index contributed by atoms with van der Waals surface area (Å²) < 4.78 is 11.2. The Labute approximate surface area is 248 Å². The molecule has 11 heteroatoms. The Morgan fingerprint density at radius 1 is 0.884 bits per heavy atom. The van der Waals surface area contributed by atoms with Crippen molar-refractivity contribution in [3.8, 4) is 0 Å². The fourth-order valence-electron chi connectivity index (χ4n) is 5.44. The Morgan fingerprint density at radius 3 is 2.30 bits per heavy atom. The molecule has 1 aliphatic rings. The van der Waals surface area contributed by atoms with Crippen LogP contribution < -0.4 is 10.2 Å². The summed E-state index contributed by atoms with van der Waals surface area (Å²) in [4.78, 5) is 54.4. The van der Waals surface area contributed by atoms with Gasteiger partial charge in [0.1, 0.15) is 18.1 Å². The second kappa shape index (κ2) is 13.3. The van der Waals surface area contributed by atoms with Crippen LogP contribution in [0.3, 0.4) is 0 Å². The molecule has 0 radical (unpaired) electrons. The van der Waals surface area contributed by atoms with Crippen LogP contribution in [0.4, 0.5) is 5.69 Å². The largest absolute Gasteiger partial charge is 0.465 e. The van der Waals surface area contributed by atoms with Gasteiger partial charge in [0.15, 0.2) is 0 Å². The number of hydrogen-bond donors (Lipinski definition) is 1. The third-order valence-corrected chi connectivity index (χ3v) is 7.62. The molecule has 222 valence electrons. The Kier molecular flexibility index (Phi) is 9.09. The molecule has 0 spiro atoms. The number of hydrogen-bond acceptors (Lipinski definition) is 8. The number of rotatable bonds is 9. The van der Waals surface area contributed by atoms with Gasteiger partial charge in [0.05, 0.1) is 30.9 Å². The minimum atomic E-state index is -1.14. The Hall–Kier alpha value is -5.06. The molecule has 1 aliphatic carbocycles. The normalized spacial score (nSPS) is 14.1. The summed E-state index contributed by atoms with van der Waals surface area (Å²) >= 11 is 0. The fraction of sp³-hybridized carbons (Fsp3) is 0.312. The van der Waals surface area contributed by atoms with Crippen LogP contribution in [0.25, 0.3) is 11.0 Å². The van der Waals surface area contributed by atoms with Crippen molar-refractivity contribution in [1.29, 1.82) is 0 Å². The fourth-order valence-corrected chi connectivity index (χ4v) is 5.44. The van der Waals surface area contributed by atoms with Crippen molar-refractivity contribution < 1.29 is 28.7 Å². The maximum atomic E-state index is 14.3. The molecule has 2 amide bonds. The van der Waals surface area contributed by atoms with Crippen LogP contribution in [-0.4, -0.2) is 59.0 Å². The number of nitrogens with zero attached hydrogens (tertiary/aromatic N) is 4. The molecule has 1 aromatic heterocycles. The molecule has 1 heterocycles. The highest BCUT2D eigenvalue weighted by molar-refractivity contribution is 6.03. The number of para-hydroxylation sites is 1. The second-order valence-corrected chi connectivity index (χ2v) is 10.4. The summed E-state index contributed by atoms with van der Waals surface area (Å²) in [6, 6.07) is 18.9. The number of aromatic nitrogens is 3. The molecule has 1 fully saturated rings. The van der Waals surface area contributed by atoms with Gasteiger partial charge in [-0.1, -0.05) is 54.8 Å². The zero-order valence-electron chi connectivity index (χ0n) is 24.1. The van der Waals surface area contributed by atoms with Gasteiger partial charge in [-0.05, 0) is 60.9 Å². The Balaban J connectivity index is 1.61. The van der Waals surface area contributed by atoms with E-state index in [1.54, 1.807) is 48.5 Å². The number of fused-ring (bicyclic) bond motifs is 1. The molecule has 1 N–H and O–H groups in total. The van der Waals surface area contributed by atoms with E-state index in [-0.39, 0.29) is 24.1 Å². The van der Waals surface area contributed by atoms with E-state index >= 15 is 0 Å². The molecule has 0 aliphatic heterocycles. The average molecular weight is 584 g/mol. The van der Waals surface area contributed by atoms with Gasteiger partial charge in [-0.15, -0.1) is 5.10 Å². The summed E-state index contributed by atoms with van der Waals surface area (Å²) in [6.45, 7) is -0.226. The highest BCUT2D eigenvalue weighted by Gasteiger charge is 2.35. The van der Waals surface area contributed by atoms with Gasteiger partial charge in [-0.2, -0.15) is 0 Å². The molecule has 4 aromatic rings. The molecular weight excluding hydrogens is 550 g/mol. The lowest BCUT2D eigenvalue weighted by molar-refractivity contribution is -0.127. The first-order chi connectivity index (χ1) is 20.9. The zero-order valence-corrected chi connectivity index (χ0v) is 24.1. The van der Waals surface area contributed by atoms with E-state index in [2.05, 4.69) is 15.6 Å². The number of benzene rings is 3. The van der Waals surface area contributed by atoms with Crippen molar-refractivity contribution in [2.24, 2.45) is 0 Å². The van der Waals surface area contributed by atoms with Crippen molar-refractivity contribution in [1.82, 2.24) is 20.3 Å². The van der Waals surface area contributed by atoms with Gasteiger partial charge in [0.2, 0.25) is 11.8 Å². The van der Waals surface area contributed by atoms with Crippen LogP contribution in [0, 0.1) is 0 Å². The number of carbonyl (C=O) groups excluding carboxylic acids is 4. The Bertz CT molecular complexity index is 1630. The van der Waals surface area contributed by atoms with Gasteiger partial charge < -0.3 is 14.8 Å². The van der Waals surface area contributed by atoms with Crippen molar-refractivity contribution in [2.45, 2.75) is 50.7 Å². The van der Waals surface area contributed by atoms with E-state index in [1.165, 1.54) is 29.9 Å². The van der Waals surface area contributed by atoms with Crippen molar-refractivity contribution in [3.05, 3.63) is 89.5 Å². The third-order valence-electron chi connectivity index (χ3n) is 7.62. The monoisotopic (exact) mass is 583 g/mol. The lowest BCUT2D eigenvalue weighted by Gasteiger charge is -2.33. The molecule has 11 nitrogen and oxygen atoms in total. The second-order valence-electron chi connectivity index (χ2n) is 10.4. The summed E-state index contributed by atoms with van der Waals surface area (Å²) in [5.41, 5.74) is 2.59. The lowest BCUT2D eigenvalue weighted by atomic mass is 9.94.